The molecule has 0 saturated carbocycles. The van der Waals surface area contributed by atoms with Gasteiger partial charge in [-0.2, -0.15) is 0 Å². The molecule has 19 heavy (non-hydrogen) atoms. The summed E-state index contributed by atoms with van der Waals surface area (Å²) in [5.74, 6) is -1.19. The van der Waals surface area contributed by atoms with Crippen LogP contribution in [0.5, 0.6) is 0 Å². The molecule has 0 bridgehead atoms. The fourth-order valence-electron chi connectivity index (χ4n) is 2.18. The van der Waals surface area contributed by atoms with Crippen molar-refractivity contribution < 1.29 is 9.90 Å². The molecule has 1 aromatic heterocycles. The van der Waals surface area contributed by atoms with Crippen LogP contribution in [0.2, 0.25) is 0 Å². The molecule has 0 spiro atoms. The van der Waals surface area contributed by atoms with Crippen LogP contribution in [0, 0.1) is 6.92 Å². The minimum atomic E-state index is -1.19. The number of rotatable bonds is 3. The van der Waals surface area contributed by atoms with Crippen molar-refractivity contribution >= 4 is 5.97 Å². The number of hydrogen-bond donors (Lipinski definition) is 1. The first-order chi connectivity index (χ1) is 9.06. The molecule has 0 unspecified atom stereocenters. The molecule has 0 amide bonds. The van der Waals surface area contributed by atoms with Crippen molar-refractivity contribution in [2.24, 2.45) is 0 Å². The number of aryl methyl sites for hydroxylation is 1. The predicted molar refractivity (Wildman–Crippen MR) is 73.5 cm³/mol. The summed E-state index contributed by atoms with van der Waals surface area (Å²) in [4.78, 5) is 23.5. The summed E-state index contributed by atoms with van der Waals surface area (Å²) in [7, 11) is 0. The summed E-state index contributed by atoms with van der Waals surface area (Å²) in [6.07, 6.45) is 1.41. The first kappa shape index (κ1) is 13.1. The number of benzene rings is 1. The highest BCUT2D eigenvalue weighted by atomic mass is 16.4. The molecule has 0 aliphatic carbocycles. The van der Waals surface area contributed by atoms with E-state index in [9.17, 15) is 9.59 Å². The lowest BCUT2D eigenvalue weighted by Gasteiger charge is -2.14. The maximum Gasteiger partial charge on any atom is 0.341 e. The number of aromatic nitrogens is 1. The van der Waals surface area contributed by atoms with E-state index in [4.69, 9.17) is 5.11 Å². The first-order valence-electron chi connectivity index (χ1n) is 6.09. The molecule has 98 valence electrons. The van der Waals surface area contributed by atoms with Crippen molar-refractivity contribution in [1.29, 1.82) is 0 Å². The second kappa shape index (κ2) is 5.10. The predicted octanol–water partition coefficient (Wildman–Crippen LogP) is 2.54. The van der Waals surface area contributed by atoms with E-state index in [1.54, 1.807) is 4.57 Å². The topological polar surface area (TPSA) is 59.3 Å². The standard InChI is InChI=1S/C15H15NO3/c1-3-16-9-12(15(18)19)14(17)13(10(16)2)11-7-5-4-6-8-11/h4-9H,3H2,1-2H3,(H,18,19). The maximum absolute atomic E-state index is 12.3. The van der Waals surface area contributed by atoms with Gasteiger partial charge in [0.15, 0.2) is 0 Å². The lowest BCUT2D eigenvalue weighted by atomic mass is 10.0. The second-order valence-electron chi connectivity index (χ2n) is 4.29. The zero-order valence-electron chi connectivity index (χ0n) is 10.9. The Bertz CT molecular complexity index is 672. The summed E-state index contributed by atoms with van der Waals surface area (Å²) in [5.41, 5.74) is 1.37. The number of carboxylic acids is 1. The van der Waals surface area contributed by atoms with Gasteiger partial charge in [0.2, 0.25) is 5.43 Å². The van der Waals surface area contributed by atoms with Gasteiger partial charge < -0.3 is 9.67 Å². The van der Waals surface area contributed by atoms with Gasteiger partial charge in [0, 0.05) is 24.0 Å². The highest BCUT2D eigenvalue weighted by molar-refractivity contribution is 5.89. The van der Waals surface area contributed by atoms with E-state index >= 15 is 0 Å². The van der Waals surface area contributed by atoms with Gasteiger partial charge >= 0.3 is 5.97 Å². The lowest BCUT2D eigenvalue weighted by molar-refractivity contribution is 0.0694. The Kier molecular flexibility index (Phi) is 3.51. The molecule has 1 heterocycles. The highest BCUT2D eigenvalue weighted by Crippen LogP contribution is 2.20. The van der Waals surface area contributed by atoms with E-state index in [0.29, 0.717) is 12.1 Å². The van der Waals surface area contributed by atoms with Crippen LogP contribution in [0.1, 0.15) is 23.0 Å². The molecule has 1 aromatic carbocycles. The SMILES string of the molecule is CCn1cc(C(=O)O)c(=O)c(-c2ccccc2)c1C. The Morgan fingerprint density at radius 1 is 1.26 bits per heavy atom. The van der Waals surface area contributed by atoms with Gasteiger partial charge in [-0.1, -0.05) is 30.3 Å². The van der Waals surface area contributed by atoms with Crippen LogP contribution in [0.3, 0.4) is 0 Å². The molecular weight excluding hydrogens is 242 g/mol. The van der Waals surface area contributed by atoms with E-state index in [-0.39, 0.29) is 5.56 Å². The highest BCUT2D eigenvalue weighted by Gasteiger charge is 2.17. The van der Waals surface area contributed by atoms with Crippen LogP contribution in [-0.4, -0.2) is 15.6 Å². The smallest absolute Gasteiger partial charge is 0.341 e. The quantitative estimate of drug-likeness (QED) is 0.919. The van der Waals surface area contributed by atoms with Crippen LogP contribution in [0.15, 0.2) is 41.3 Å². The minimum absolute atomic E-state index is 0.189. The summed E-state index contributed by atoms with van der Waals surface area (Å²) in [6, 6.07) is 9.15. The van der Waals surface area contributed by atoms with Crippen LogP contribution in [0.4, 0.5) is 0 Å². The summed E-state index contributed by atoms with van der Waals surface area (Å²) in [6.45, 7) is 4.36. The third kappa shape index (κ3) is 2.29. The molecule has 0 atom stereocenters. The molecule has 0 aliphatic rings. The van der Waals surface area contributed by atoms with Crippen molar-refractivity contribution in [1.82, 2.24) is 4.57 Å². The average Bonchev–Trinajstić information content (AvgIpc) is 2.40. The maximum atomic E-state index is 12.3. The Balaban J connectivity index is 2.83. The number of pyridine rings is 1. The van der Waals surface area contributed by atoms with Gasteiger partial charge in [-0.25, -0.2) is 4.79 Å². The van der Waals surface area contributed by atoms with Gasteiger partial charge in [-0.05, 0) is 19.4 Å². The van der Waals surface area contributed by atoms with Crippen LogP contribution < -0.4 is 5.43 Å². The fourth-order valence-corrected chi connectivity index (χ4v) is 2.18. The number of hydrogen-bond acceptors (Lipinski definition) is 2. The van der Waals surface area contributed by atoms with Gasteiger partial charge in [0.1, 0.15) is 5.56 Å². The molecule has 0 radical (unpaired) electrons. The third-order valence-corrected chi connectivity index (χ3v) is 3.18. The van der Waals surface area contributed by atoms with Gasteiger partial charge in [0.25, 0.3) is 0 Å². The molecule has 0 aliphatic heterocycles. The van der Waals surface area contributed by atoms with Crippen molar-refractivity contribution in [2.45, 2.75) is 20.4 Å². The van der Waals surface area contributed by atoms with Crippen molar-refractivity contribution in [3.8, 4) is 11.1 Å². The number of nitrogens with zero attached hydrogens (tertiary/aromatic N) is 1. The fraction of sp³-hybridized carbons (Fsp3) is 0.200. The second-order valence-corrected chi connectivity index (χ2v) is 4.29. The Morgan fingerprint density at radius 2 is 1.89 bits per heavy atom. The first-order valence-corrected chi connectivity index (χ1v) is 6.09. The lowest BCUT2D eigenvalue weighted by Crippen LogP contribution is -2.22. The number of carboxylic acid groups (broad SMARTS) is 1. The summed E-state index contributed by atoms with van der Waals surface area (Å²) < 4.78 is 1.78. The van der Waals surface area contributed by atoms with Crippen LogP contribution in [0.25, 0.3) is 11.1 Å². The third-order valence-electron chi connectivity index (χ3n) is 3.18. The molecule has 1 N–H and O–H groups in total. The zero-order chi connectivity index (χ0) is 14.0. The van der Waals surface area contributed by atoms with Crippen LogP contribution >= 0.6 is 0 Å². The summed E-state index contributed by atoms with van der Waals surface area (Å²) >= 11 is 0. The monoisotopic (exact) mass is 257 g/mol. The largest absolute Gasteiger partial charge is 0.477 e. The zero-order valence-corrected chi connectivity index (χ0v) is 10.9. The Hall–Kier alpha value is -2.36. The van der Waals surface area contributed by atoms with E-state index < -0.39 is 11.4 Å². The van der Waals surface area contributed by atoms with Crippen molar-refractivity contribution in [3.63, 3.8) is 0 Å². The normalized spacial score (nSPS) is 10.4. The Morgan fingerprint density at radius 3 is 2.42 bits per heavy atom. The molecule has 4 heteroatoms. The minimum Gasteiger partial charge on any atom is -0.477 e. The van der Waals surface area contributed by atoms with E-state index in [1.807, 2.05) is 44.2 Å². The molecule has 0 fully saturated rings. The van der Waals surface area contributed by atoms with Crippen LogP contribution in [-0.2, 0) is 6.54 Å². The van der Waals surface area contributed by atoms with E-state index in [2.05, 4.69) is 0 Å². The average molecular weight is 257 g/mol. The molecular formula is C15H15NO3. The van der Waals surface area contributed by atoms with E-state index in [0.717, 1.165) is 11.3 Å². The van der Waals surface area contributed by atoms with Gasteiger partial charge in [-0.3, -0.25) is 4.79 Å². The molecule has 2 rings (SSSR count). The number of aromatic carboxylic acids is 1. The van der Waals surface area contributed by atoms with Crippen molar-refractivity contribution in [2.75, 3.05) is 0 Å². The number of carbonyl (C=O) groups is 1. The molecule has 4 nitrogen and oxygen atoms in total. The summed E-state index contributed by atoms with van der Waals surface area (Å²) in [5, 5.41) is 9.13. The Labute approximate surface area is 110 Å². The molecule has 0 saturated heterocycles. The van der Waals surface area contributed by atoms with Gasteiger partial charge in [0.05, 0.1) is 0 Å². The van der Waals surface area contributed by atoms with E-state index in [1.165, 1.54) is 6.20 Å². The van der Waals surface area contributed by atoms with Crippen molar-refractivity contribution in [3.05, 3.63) is 58.0 Å². The molecule has 2 aromatic rings. The van der Waals surface area contributed by atoms with Gasteiger partial charge in [-0.15, -0.1) is 0 Å².